The number of benzene rings is 1. The summed E-state index contributed by atoms with van der Waals surface area (Å²) in [5.74, 6) is -2.55. The van der Waals surface area contributed by atoms with E-state index in [1.807, 2.05) is 0 Å². The number of aliphatic carboxylic acids is 1. The van der Waals surface area contributed by atoms with E-state index >= 15 is 0 Å². The van der Waals surface area contributed by atoms with Crippen LogP contribution in [0, 0.1) is 0 Å². The van der Waals surface area contributed by atoms with Gasteiger partial charge in [-0.15, -0.1) is 13.2 Å². The summed E-state index contributed by atoms with van der Waals surface area (Å²) in [7, 11) is 0. The summed E-state index contributed by atoms with van der Waals surface area (Å²) >= 11 is 0. The molecule has 0 atom stereocenters. The molecule has 1 aromatic carbocycles. The molecule has 0 fully saturated rings. The lowest BCUT2D eigenvalue weighted by atomic mass is 10.1. The highest BCUT2D eigenvalue weighted by atomic mass is 19.4. The zero-order valence-electron chi connectivity index (χ0n) is 8.97. The van der Waals surface area contributed by atoms with Crippen molar-refractivity contribution in [2.24, 2.45) is 0 Å². The molecule has 106 valence electrons. The minimum Gasteiger partial charge on any atom is -0.481 e. The first-order valence-electron chi connectivity index (χ1n) is 4.67. The van der Waals surface area contributed by atoms with Gasteiger partial charge in [-0.1, -0.05) is 0 Å². The third-order valence-corrected chi connectivity index (χ3v) is 1.96. The van der Waals surface area contributed by atoms with E-state index in [-0.39, 0.29) is 0 Å². The Morgan fingerprint density at radius 2 is 1.74 bits per heavy atom. The quantitative estimate of drug-likeness (QED) is 0.869. The summed E-state index contributed by atoms with van der Waals surface area (Å²) in [5.41, 5.74) is -1.96. The van der Waals surface area contributed by atoms with Crippen LogP contribution in [0.15, 0.2) is 18.2 Å². The Bertz CT molecular complexity index is 477. The average Bonchev–Trinajstić information content (AvgIpc) is 2.15. The standard InChI is InChI=1S/C10H6F6O3/c11-9(12,13)6-1-2-7(19-10(14,15)16)5(3-6)4-8(17)18/h1-3H,4H2,(H,17,18). The van der Waals surface area contributed by atoms with Crippen LogP contribution < -0.4 is 4.74 Å². The maximum Gasteiger partial charge on any atom is 0.573 e. The molecule has 0 saturated carbocycles. The topological polar surface area (TPSA) is 46.5 Å². The van der Waals surface area contributed by atoms with Crippen molar-refractivity contribution < 1.29 is 41.0 Å². The second-order valence-corrected chi connectivity index (χ2v) is 3.44. The van der Waals surface area contributed by atoms with Crippen LogP contribution in [0.3, 0.4) is 0 Å². The van der Waals surface area contributed by atoms with Crippen LogP contribution in [0.4, 0.5) is 26.3 Å². The van der Waals surface area contributed by atoms with Crippen LogP contribution >= 0.6 is 0 Å². The molecule has 3 nitrogen and oxygen atoms in total. The maximum absolute atomic E-state index is 12.4. The third-order valence-electron chi connectivity index (χ3n) is 1.96. The van der Waals surface area contributed by atoms with Gasteiger partial charge in [-0.2, -0.15) is 13.2 Å². The second-order valence-electron chi connectivity index (χ2n) is 3.44. The largest absolute Gasteiger partial charge is 0.573 e. The molecule has 1 aromatic rings. The van der Waals surface area contributed by atoms with E-state index < -0.39 is 41.8 Å². The van der Waals surface area contributed by atoms with Gasteiger partial charge in [0.1, 0.15) is 5.75 Å². The zero-order valence-corrected chi connectivity index (χ0v) is 8.97. The smallest absolute Gasteiger partial charge is 0.481 e. The number of halogens is 6. The number of rotatable bonds is 3. The number of alkyl halides is 6. The summed E-state index contributed by atoms with van der Waals surface area (Å²) in [5, 5.41) is 8.47. The van der Waals surface area contributed by atoms with Gasteiger partial charge in [0.25, 0.3) is 0 Å². The molecule has 0 aromatic heterocycles. The Kier molecular flexibility index (Phi) is 3.97. The first kappa shape index (κ1) is 15.1. The maximum atomic E-state index is 12.4. The molecule has 0 bridgehead atoms. The number of hydrogen-bond acceptors (Lipinski definition) is 2. The molecular formula is C10H6F6O3. The minimum atomic E-state index is -5.12. The molecule has 0 amide bonds. The molecule has 0 saturated heterocycles. The summed E-state index contributed by atoms with van der Waals surface area (Å²) in [6, 6.07) is 1.14. The Hall–Kier alpha value is -1.93. The molecule has 19 heavy (non-hydrogen) atoms. The Morgan fingerprint density at radius 3 is 2.16 bits per heavy atom. The van der Waals surface area contributed by atoms with Gasteiger partial charge in [0, 0.05) is 5.56 Å². The summed E-state index contributed by atoms with van der Waals surface area (Å²) in [6.45, 7) is 0. The predicted molar refractivity (Wildman–Crippen MR) is 49.5 cm³/mol. The van der Waals surface area contributed by atoms with Gasteiger partial charge in [0.15, 0.2) is 0 Å². The fourth-order valence-corrected chi connectivity index (χ4v) is 1.28. The molecule has 0 aliphatic carbocycles. The second kappa shape index (κ2) is 4.98. The van der Waals surface area contributed by atoms with E-state index in [9.17, 15) is 31.1 Å². The van der Waals surface area contributed by atoms with E-state index in [2.05, 4.69) is 4.74 Å². The Labute approximate surface area is 102 Å². The van der Waals surface area contributed by atoms with E-state index in [0.717, 1.165) is 0 Å². The van der Waals surface area contributed by atoms with Crippen LogP contribution in [-0.2, 0) is 17.4 Å². The van der Waals surface area contributed by atoms with Crippen molar-refractivity contribution in [2.45, 2.75) is 19.0 Å². The van der Waals surface area contributed by atoms with Gasteiger partial charge in [0.2, 0.25) is 0 Å². The van der Waals surface area contributed by atoms with E-state index in [1.54, 1.807) is 0 Å². The van der Waals surface area contributed by atoms with Gasteiger partial charge in [-0.25, -0.2) is 0 Å². The Balaban J connectivity index is 3.20. The third kappa shape index (κ3) is 4.68. The van der Waals surface area contributed by atoms with Gasteiger partial charge in [-0.05, 0) is 18.2 Å². The monoisotopic (exact) mass is 288 g/mol. The summed E-state index contributed by atoms with van der Waals surface area (Å²) in [6.07, 6.45) is -10.9. The fraction of sp³-hybridized carbons (Fsp3) is 0.300. The molecule has 1 N–H and O–H groups in total. The van der Waals surface area contributed by atoms with Gasteiger partial charge >= 0.3 is 18.5 Å². The van der Waals surface area contributed by atoms with Crippen LogP contribution in [0.5, 0.6) is 5.75 Å². The first-order valence-corrected chi connectivity index (χ1v) is 4.67. The predicted octanol–water partition coefficient (Wildman–Crippen LogP) is 3.23. The zero-order chi connectivity index (χ0) is 14.8. The van der Waals surface area contributed by atoms with E-state index in [1.165, 1.54) is 0 Å². The van der Waals surface area contributed by atoms with Crippen LogP contribution in [-0.4, -0.2) is 17.4 Å². The lowest BCUT2D eigenvalue weighted by molar-refractivity contribution is -0.275. The highest BCUT2D eigenvalue weighted by molar-refractivity contribution is 5.71. The minimum absolute atomic E-state index is 0.315. The molecule has 0 unspecified atom stereocenters. The summed E-state index contributed by atoms with van der Waals surface area (Å²) < 4.78 is 76.6. The molecule has 0 aliphatic rings. The number of hydrogen-bond donors (Lipinski definition) is 1. The molecule has 9 heteroatoms. The molecule has 0 aliphatic heterocycles. The van der Waals surface area contributed by atoms with Gasteiger partial charge in [-0.3, -0.25) is 4.79 Å². The van der Waals surface area contributed by atoms with Gasteiger partial charge in [0.05, 0.1) is 12.0 Å². The van der Waals surface area contributed by atoms with Crippen molar-refractivity contribution >= 4 is 5.97 Å². The van der Waals surface area contributed by atoms with E-state index in [4.69, 9.17) is 5.11 Å². The number of carbonyl (C=O) groups is 1. The molecule has 0 heterocycles. The van der Waals surface area contributed by atoms with Crippen LogP contribution in [0.25, 0.3) is 0 Å². The van der Waals surface area contributed by atoms with Crippen molar-refractivity contribution in [3.8, 4) is 5.75 Å². The number of carboxylic acid groups (broad SMARTS) is 1. The molecule has 0 spiro atoms. The molecular weight excluding hydrogens is 282 g/mol. The average molecular weight is 288 g/mol. The SMILES string of the molecule is O=C(O)Cc1cc(C(F)(F)F)ccc1OC(F)(F)F. The first-order chi connectivity index (χ1) is 8.49. The number of carboxylic acids is 1. The van der Waals surface area contributed by atoms with E-state index in [0.29, 0.717) is 18.2 Å². The Morgan fingerprint density at radius 1 is 1.16 bits per heavy atom. The lowest BCUT2D eigenvalue weighted by Gasteiger charge is -2.14. The van der Waals surface area contributed by atoms with Gasteiger partial charge < -0.3 is 9.84 Å². The van der Waals surface area contributed by atoms with Crippen molar-refractivity contribution in [3.63, 3.8) is 0 Å². The van der Waals surface area contributed by atoms with Crippen molar-refractivity contribution in [3.05, 3.63) is 29.3 Å². The van der Waals surface area contributed by atoms with Crippen LogP contribution in [0.2, 0.25) is 0 Å². The molecule has 1 rings (SSSR count). The lowest BCUT2D eigenvalue weighted by Crippen LogP contribution is -2.19. The van der Waals surface area contributed by atoms with Crippen LogP contribution in [0.1, 0.15) is 11.1 Å². The molecule has 0 radical (unpaired) electrons. The highest BCUT2D eigenvalue weighted by Crippen LogP contribution is 2.34. The highest BCUT2D eigenvalue weighted by Gasteiger charge is 2.35. The summed E-state index contributed by atoms with van der Waals surface area (Å²) in [4.78, 5) is 10.4. The van der Waals surface area contributed by atoms with Crippen molar-refractivity contribution in [2.75, 3.05) is 0 Å². The van der Waals surface area contributed by atoms with Crippen molar-refractivity contribution in [1.29, 1.82) is 0 Å². The normalized spacial score (nSPS) is 12.3. The number of ether oxygens (including phenoxy) is 1. The van der Waals surface area contributed by atoms with Crippen molar-refractivity contribution in [1.82, 2.24) is 0 Å². The fourth-order valence-electron chi connectivity index (χ4n) is 1.28.